The Labute approximate surface area is 94.5 Å². The summed E-state index contributed by atoms with van der Waals surface area (Å²) in [5.41, 5.74) is 0. The van der Waals surface area contributed by atoms with E-state index in [0.717, 1.165) is 19.1 Å². The molecule has 14 heavy (non-hydrogen) atoms. The lowest BCUT2D eigenvalue weighted by molar-refractivity contribution is -0.0545. The molecule has 4 atom stereocenters. The fourth-order valence-corrected chi connectivity index (χ4v) is 2.81. The van der Waals surface area contributed by atoms with Gasteiger partial charge in [-0.3, -0.25) is 0 Å². The van der Waals surface area contributed by atoms with Crippen LogP contribution in [-0.4, -0.2) is 30.2 Å². The van der Waals surface area contributed by atoms with Crippen LogP contribution in [0.2, 0.25) is 0 Å². The highest BCUT2D eigenvalue weighted by atomic mass is 79.9. The standard InChI is InChI=1S/C11H19BrO2/c1-8-4-2-3-5-10(8)14-11-7-13-6-9(11)12/h8-11H,2-7H2,1H3. The molecule has 2 fully saturated rings. The lowest BCUT2D eigenvalue weighted by Crippen LogP contribution is -2.34. The summed E-state index contributed by atoms with van der Waals surface area (Å²) in [7, 11) is 0. The molecule has 0 amide bonds. The largest absolute Gasteiger partial charge is 0.377 e. The maximum absolute atomic E-state index is 6.10. The van der Waals surface area contributed by atoms with Crippen LogP contribution >= 0.6 is 15.9 Å². The van der Waals surface area contributed by atoms with Crippen molar-refractivity contribution in [2.45, 2.75) is 49.6 Å². The average molecular weight is 263 g/mol. The van der Waals surface area contributed by atoms with Crippen molar-refractivity contribution in [1.82, 2.24) is 0 Å². The van der Waals surface area contributed by atoms with Gasteiger partial charge >= 0.3 is 0 Å². The van der Waals surface area contributed by atoms with Gasteiger partial charge in [0.25, 0.3) is 0 Å². The molecule has 0 spiro atoms. The molecule has 2 aliphatic rings. The predicted octanol–water partition coefficient (Wildman–Crippen LogP) is 2.74. The van der Waals surface area contributed by atoms with Crippen LogP contribution in [-0.2, 0) is 9.47 Å². The van der Waals surface area contributed by atoms with Gasteiger partial charge in [0.2, 0.25) is 0 Å². The number of hydrogen-bond donors (Lipinski definition) is 0. The molecule has 0 aromatic heterocycles. The number of alkyl halides is 1. The second-order valence-corrected chi connectivity index (χ2v) is 5.70. The Morgan fingerprint density at radius 2 is 1.93 bits per heavy atom. The summed E-state index contributed by atoms with van der Waals surface area (Å²) in [4.78, 5) is 0.400. The first-order valence-electron chi connectivity index (χ1n) is 5.64. The van der Waals surface area contributed by atoms with Gasteiger partial charge in [-0.15, -0.1) is 0 Å². The van der Waals surface area contributed by atoms with Crippen molar-refractivity contribution in [2.75, 3.05) is 13.2 Å². The highest BCUT2D eigenvalue weighted by Crippen LogP contribution is 2.29. The van der Waals surface area contributed by atoms with Crippen LogP contribution in [0.5, 0.6) is 0 Å². The van der Waals surface area contributed by atoms with Crippen LogP contribution in [0.4, 0.5) is 0 Å². The Hall–Kier alpha value is 0.400. The van der Waals surface area contributed by atoms with E-state index in [1.54, 1.807) is 0 Å². The van der Waals surface area contributed by atoms with Crippen molar-refractivity contribution >= 4 is 15.9 Å². The summed E-state index contributed by atoms with van der Waals surface area (Å²) >= 11 is 3.60. The minimum atomic E-state index is 0.278. The second-order valence-electron chi connectivity index (χ2n) is 4.53. The Morgan fingerprint density at radius 1 is 1.14 bits per heavy atom. The van der Waals surface area contributed by atoms with Crippen molar-refractivity contribution in [3.63, 3.8) is 0 Å². The summed E-state index contributed by atoms with van der Waals surface area (Å²) < 4.78 is 11.5. The van der Waals surface area contributed by atoms with E-state index in [4.69, 9.17) is 9.47 Å². The van der Waals surface area contributed by atoms with Gasteiger partial charge in [0, 0.05) is 0 Å². The molecule has 4 unspecified atom stereocenters. The minimum Gasteiger partial charge on any atom is -0.377 e. The van der Waals surface area contributed by atoms with Crippen molar-refractivity contribution in [1.29, 1.82) is 0 Å². The maximum Gasteiger partial charge on any atom is 0.0959 e. The second kappa shape index (κ2) is 4.95. The first-order valence-corrected chi connectivity index (χ1v) is 6.56. The topological polar surface area (TPSA) is 18.5 Å². The molecular formula is C11H19BrO2. The van der Waals surface area contributed by atoms with Crippen molar-refractivity contribution in [3.8, 4) is 0 Å². The number of ether oxygens (including phenoxy) is 2. The number of halogens is 1. The highest BCUT2D eigenvalue weighted by molar-refractivity contribution is 9.09. The van der Waals surface area contributed by atoms with E-state index in [2.05, 4.69) is 22.9 Å². The van der Waals surface area contributed by atoms with Crippen LogP contribution in [0.25, 0.3) is 0 Å². The van der Waals surface area contributed by atoms with Gasteiger partial charge in [0.1, 0.15) is 0 Å². The molecule has 1 saturated heterocycles. The Bertz CT molecular complexity index is 186. The van der Waals surface area contributed by atoms with Gasteiger partial charge < -0.3 is 9.47 Å². The molecule has 2 rings (SSSR count). The smallest absolute Gasteiger partial charge is 0.0959 e. The molecular weight excluding hydrogens is 244 g/mol. The summed E-state index contributed by atoms with van der Waals surface area (Å²) in [5, 5.41) is 0. The first kappa shape index (κ1) is 10.9. The molecule has 1 heterocycles. The summed E-state index contributed by atoms with van der Waals surface area (Å²) in [6, 6.07) is 0. The maximum atomic E-state index is 6.10. The third kappa shape index (κ3) is 2.50. The molecule has 1 saturated carbocycles. The lowest BCUT2D eigenvalue weighted by atomic mass is 9.88. The third-order valence-electron chi connectivity index (χ3n) is 3.34. The normalized spacial score (nSPS) is 44.1. The van der Waals surface area contributed by atoms with Crippen molar-refractivity contribution < 1.29 is 9.47 Å². The molecule has 0 aromatic rings. The molecule has 0 bridgehead atoms. The molecule has 0 radical (unpaired) electrons. The SMILES string of the molecule is CC1CCCCC1OC1COCC1Br. The van der Waals surface area contributed by atoms with Gasteiger partial charge in [0.15, 0.2) is 0 Å². The molecule has 1 aliphatic heterocycles. The van der Waals surface area contributed by atoms with Gasteiger partial charge in [-0.1, -0.05) is 35.7 Å². The molecule has 0 N–H and O–H groups in total. The van der Waals surface area contributed by atoms with E-state index in [-0.39, 0.29) is 6.10 Å². The van der Waals surface area contributed by atoms with Crippen molar-refractivity contribution in [3.05, 3.63) is 0 Å². The zero-order valence-corrected chi connectivity index (χ0v) is 10.3. The zero-order valence-electron chi connectivity index (χ0n) is 8.75. The average Bonchev–Trinajstić information content (AvgIpc) is 2.56. The van der Waals surface area contributed by atoms with E-state index in [9.17, 15) is 0 Å². The van der Waals surface area contributed by atoms with Gasteiger partial charge in [-0.25, -0.2) is 0 Å². The molecule has 82 valence electrons. The highest BCUT2D eigenvalue weighted by Gasteiger charge is 2.31. The molecule has 3 heteroatoms. The van der Waals surface area contributed by atoms with Crippen LogP contribution in [0.15, 0.2) is 0 Å². The number of rotatable bonds is 2. The Kier molecular flexibility index (Phi) is 3.86. The van der Waals surface area contributed by atoms with Gasteiger partial charge in [-0.05, 0) is 18.8 Å². The molecule has 2 nitrogen and oxygen atoms in total. The summed E-state index contributed by atoms with van der Waals surface area (Å²) in [6.45, 7) is 3.87. The van der Waals surface area contributed by atoms with Crippen LogP contribution < -0.4 is 0 Å². The lowest BCUT2D eigenvalue weighted by Gasteiger charge is -2.31. The van der Waals surface area contributed by atoms with Crippen LogP contribution in [0, 0.1) is 5.92 Å². The fourth-order valence-electron chi connectivity index (χ4n) is 2.34. The van der Waals surface area contributed by atoms with E-state index in [1.165, 1.54) is 25.7 Å². The van der Waals surface area contributed by atoms with E-state index < -0.39 is 0 Å². The van der Waals surface area contributed by atoms with Crippen LogP contribution in [0.3, 0.4) is 0 Å². The van der Waals surface area contributed by atoms with E-state index >= 15 is 0 Å². The fraction of sp³-hybridized carbons (Fsp3) is 1.00. The Morgan fingerprint density at radius 3 is 2.57 bits per heavy atom. The minimum absolute atomic E-state index is 0.278. The predicted molar refractivity (Wildman–Crippen MR) is 59.8 cm³/mol. The summed E-state index contributed by atoms with van der Waals surface area (Å²) in [5.74, 6) is 0.726. The van der Waals surface area contributed by atoms with E-state index in [1.807, 2.05) is 0 Å². The monoisotopic (exact) mass is 262 g/mol. The van der Waals surface area contributed by atoms with E-state index in [0.29, 0.717) is 10.9 Å². The van der Waals surface area contributed by atoms with Gasteiger partial charge in [0.05, 0.1) is 30.2 Å². The van der Waals surface area contributed by atoms with Gasteiger partial charge in [-0.2, -0.15) is 0 Å². The Balaban J connectivity index is 1.83. The third-order valence-corrected chi connectivity index (χ3v) is 4.20. The molecule has 0 aromatic carbocycles. The van der Waals surface area contributed by atoms with Crippen molar-refractivity contribution in [2.24, 2.45) is 5.92 Å². The summed E-state index contributed by atoms with van der Waals surface area (Å²) in [6.07, 6.45) is 6.01. The number of hydrogen-bond acceptors (Lipinski definition) is 2. The molecule has 1 aliphatic carbocycles. The zero-order chi connectivity index (χ0) is 9.97. The first-order chi connectivity index (χ1) is 6.77. The van der Waals surface area contributed by atoms with Crippen LogP contribution in [0.1, 0.15) is 32.6 Å². The quantitative estimate of drug-likeness (QED) is 0.713.